The van der Waals surface area contributed by atoms with Gasteiger partial charge in [0.15, 0.2) is 0 Å². The molecule has 1 aromatic carbocycles. The van der Waals surface area contributed by atoms with Crippen molar-refractivity contribution in [1.82, 2.24) is 25.1 Å². The molecule has 1 aliphatic rings. The first kappa shape index (κ1) is 17.3. The van der Waals surface area contributed by atoms with Crippen molar-refractivity contribution in [3.63, 3.8) is 0 Å². The topological polar surface area (TPSA) is 99.7 Å². The molecule has 8 heteroatoms. The maximum Gasteiger partial charge on any atom is 0.247 e. The summed E-state index contributed by atoms with van der Waals surface area (Å²) in [6.07, 6.45) is 5.73. The van der Waals surface area contributed by atoms with E-state index in [2.05, 4.69) is 36.5 Å². The monoisotopic (exact) mass is 385 g/mol. The fourth-order valence-corrected chi connectivity index (χ4v) is 3.78. The van der Waals surface area contributed by atoms with Crippen molar-refractivity contribution in [3.05, 3.63) is 60.4 Å². The predicted octanol–water partition coefficient (Wildman–Crippen LogP) is 2.72. The van der Waals surface area contributed by atoms with Crippen LogP contribution in [-0.4, -0.2) is 44.1 Å². The molecule has 8 nitrogen and oxygen atoms in total. The standard InChI is InChI=1S/C21H19N7O/c1-12-23-8-5-14(24-12)9-19-21(29)25-17-11-16-15(10-18(17)28(19)2)20(27-26-16)13-3-6-22-7-4-13/h3-8,10-11,19H,9H2,1-2H3,(H,25,29)(H,26,27). The molecule has 0 spiro atoms. The fraction of sp³-hybridized carbons (Fsp3) is 0.190. The van der Waals surface area contributed by atoms with Crippen molar-refractivity contribution in [2.45, 2.75) is 19.4 Å². The van der Waals surface area contributed by atoms with E-state index in [0.717, 1.165) is 39.2 Å². The van der Waals surface area contributed by atoms with Gasteiger partial charge in [-0.1, -0.05) is 0 Å². The predicted molar refractivity (Wildman–Crippen MR) is 111 cm³/mol. The fourth-order valence-electron chi connectivity index (χ4n) is 3.78. The van der Waals surface area contributed by atoms with Crippen LogP contribution in [-0.2, 0) is 11.2 Å². The molecule has 1 aliphatic heterocycles. The lowest BCUT2D eigenvalue weighted by Gasteiger charge is -2.35. The molecule has 0 fully saturated rings. The van der Waals surface area contributed by atoms with E-state index in [1.165, 1.54) is 0 Å². The Morgan fingerprint density at radius 2 is 1.97 bits per heavy atom. The van der Waals surface area contributed by atoms with E-state index in [-0.39, 0.29) is 11.9 Å². The number of carbonyl (C=O) groups excluding carboxylic acids is 1. The summed E-state index contributed by atoms with van der Waals surface area (Å²) in [5.41, 5.74) is 5.28. The minimum atomic E-state index is -0.356. The molecule has 5 rings (SSSR count). The molecule has 0 bridgehead atoms. The van der Waals surface area contributed by atoms with E-state index in [4.69, 9.17) is 0 Å². The molecule has 4 aromatic rings. The number of aryl methyl sites for hydroxylation is 1. The van der Waals surface area contributed by atoms with Crippen molar-refractivity contribution < 1.29 is 4.79 Å². The molecule has 1 unspecified atom stereocenters. The molecule has 0 saturated carbocycles. The second-order valence-corrected chi connectivity index (χ2v) is 7.14. The third kappa shape index (κ3) is 2.98. The number of hydrogen-bond acceptors (Lipinski definition) is 6. The van der Waals surface area contributed by atoms with Crippen LogP contribution in [0, 0.1) is 6.92 Å². The number of aromatic nitrogens is 5. The number of H-pyrrole nitrogens is 1. The van der Waals surface area contributed by atoms with E-state index >= 15 is 0 Å². The Hall–Kier alpha value is -3.81. The van der Waals surface area contributed by atoms with Gasteiger partial charge in [0.2, 0.25) is 5.91 Å². The highest BCUT2D eigenvalue weighted by Gasteiger charge is 2.32. The van der Waals surface area contributed by atoms with Crippen LogP contribution in [0.15, 0.2) is 48.9 Å². The minimum Gasteiger partial charge on any atom is -0.361 e. The molecule has 3 aromatic heterocycles. The molecule has 0 radical (unpaired) electrons. The number of amides is 1. The summed E-state index contributed by atoms with van der Waals surface area (Å²) in [5.74, 6) is 0.647. The van der Waals surface area contributed by atoms with Crippen LogP contribution >= 0.6 is 0 Å². The number of anilines is 2. The first-order valence-electron chi connectivity index (χ1n) is 9.35. The maximum absolute atomic E-state index is 12.8. The van der Waals surface area contributed by atoms with Gasteiger partial charge in [-0.05, 0) is 37.3 Å². The summed E-state index contributed by atoms with van der Waals surface area (Å²) in [4.78, 5) is 27.5. The van der Waals surface area contributed by atoms with Gasteiger partial charge >= 0.3 is 0 Å². The largest absolute Gasteiger partial charge is 0.361 e. The zero-order valence-corrected chi connectivity index (χ0v) is 16.0. The lowest BCUT2D eigenvalue weighted by atomic mass is 10.0. The summed E-state index contributed by atoms with van der Waals surface area (Å²) in [7, 11) is 1.94. The smallest absolute Gasteiger partial charge is 0.247 e. The Kier molecular flexibility index (Phi) is 3.97. The zero-order chi connectivity index (χ0) is 20.0. The molecule has 4 heterocycles. The second-order valence-electron chi connectivity index (χ2n) is 7.14. The van der Waals surface area contributed by atoms with Gasteiger partial charge in [-0.15, -0.1) is 0 Å². The van der Waals surface area contributed by atoms with Gasteiger partial charge in [-0.2, -0.15) is 5.10 Å². The number of fused-ring (bicyclic) bond motifs is 2. The Bertz CT molecular complexity index is 1220. The zero-order valence-electron chi connectivity index (χ0n) is 16.0. The van der Waals surface area contributed by atoms with Gasteiger partial charge in [-0.25, -0.2) is 9.97 Å². The Labute approximate surface area is 167 Å². The highest BCUT2D eigenvalue weighted by Crippen LogP contribution is 2.38. The summed E-state index contributed by atoms with van der Waals surface area (Å²) in [6.45, 7) is 1.85. The number of hydrogen-bond donors (Lipinski definition) is 2. The van der Waals surface area contributed by atoms with Crippen molar-refractivity contribution in [2.75, 3.05) is 17.3 Å². The van der Waals surface area contributed by atoms with Crippen LogP contribution in [0.2, 0.25) is 0 Å². The Morgan fingerprint density at radius 3 is 2.76 bits per heavy atom. The van der Waals surface area contributed by atoms with Gasteiger partial charge in [-0.3, -0.25) is 14.9 Å². The van der Waals surface area contributed by atoms with Gasteiger partial charge in [0.1, 0.15) is 17.6 Å². The van der Waals surface area contributed by atoms with Gasteiger partial charge < -0.3 is 10.2 Å². The number of nitrogens with one attached hydrogen (secondary N) is 2. The van der Waals surface area contributed by atoms with Crippen LogP contribution in [0.1, 0.15) is 11.5 Å². The second kappa shape index (κ2) is 6.66. The number of pyridine rings is 1. The van der Waals surface area contributed by atoms with E-state index in [1.807, 2.05) is 43.1 Å². The molecule has 0 aliphatic carbocycles. The minimum absolute atomic E-state index is 0.0514. The molecule has 1 atom stereocenters. The molecular weight excluding hydrogens is 366 g/mol. The van der Waals surface area contributed by atoms with Gasteiger partial charge in [0, 0.05) is 48.7 Å². The first-order valence-corrected chi connectivity index (χ1v) is 9.35. The van der Waals surface area contributed by atoms with Gasteiger partial charge in [0.25, 0.3) is 0 Å². The van der Waals surface area contributed by atoms with E-state index in [1.54, 1.807) is 18.6 Å². The van der Waals surface area contributed by atoms with Crippen LogP contribution in [0.25, 0.3) is 22.2 Å². The van der Waals surface area contributed by atoms with Crippen molar-refractivity contribution in [3.8, 4) is 11.3 Å². The van der Waals surface area contributed by atoms with E-state index in [9.17, 15) is 4.79 Å². The third-order valence-electron chi connectivity index (χ3n) is 5.28. The Balaban J connectivity index is 1.55. The molecular formula is C21H19N7O. The van der Waals surface area contributed by atoms with Crippen molar-refractivity contribution in [2.24, 2.45) is 0 Å². The molecule has 0 saturated heterocycles. The summed E-state index contributed by atoms with van der Waals surface area (Å²) >= 11 is 0. The summed E-state index contributed by atoms with van der Waals surface area (Å²) < 4.78 is 0. The average molecular weight is 385 g/mol. The van der Waals surface area contributed by atoms with Crippen LogP contribution in [0.3, 0.4) is 0 Å². The molecule has 144 valence electrons. The number of nitrogens with zero attached hydrogens (tertiary/aromatic N) is 5. The van der Waals surface area contributed by atoms with E-state index < -0.39 is 0 Å². The Morgan fingerprint density at radius 1 is 1.14 bits per heavy atom. The number of rotatable bonds is 3. The highest BCUT2D eigenvalue weighted by molar-refractivity contribution is 6.08. The normalized spacial score (nSPS) is 16.0. The number of aromatic amines is 1. The summed E-state index contributed by atoms with van der Waals surface area (Å²) in [6, 6.07) is 9.36. The molecule has 29 heavy (non-hydrogen) atoms. The van der Waals surface area contributed by atoms with Crippen molar-refractivity contribution in [1.29, 1.82) is 0 Å². The van der Waals surface area contributed by atoms with Gasteiger partial charge in [0.05, 0.1) is 16.9 Å². The SMILES string of the molecule is Cc1nccc(CC2C(=O)Nc3cc4[nH]nc(-c5ccncc5)c4cc3N2C)n1. The number of likely N-dealkylation sites (N-methyl/N-ethyl adjacent to an activating group) is 1. The maximum atomic E-state index is 12.8. The number of benzene rings is 1. The highest BCUT2D eigenvalue weighted by atomic mass is 16.2. The quantitative estimate of drug-likeness (QED) is 0.562. The lowest BCUT2D eigenvalue weighted by Crippen LogP contribution is -2.47. The summed E-state index contributed by atoms with van der Waals surface area (Å²) in [5, 5.41) is 11.6. The molecule has 1 amide bonds. The van der Waals surface area contributed by atoms with E-state index in [0.29, 0.717) is 12.2 Å². The van der Waals surface area contributed by atoms with Crippen LogP contribution < -0.4 is 10.2 Å². The lowest BCUT2D eigenvalue weighted by molar-refractivity contribution is -0.117. The van der Waals surface area contributed by atoms with Crippen LogP contribution in [0.5, 0.6) is 0 Å². The van der Waals surface area contributed by atoms with Crippen molar-refractivity contribution >= 4 is 28.2 Å². The first-order chi connectivity index (χ1) is 14.1. The number of carbonyl (C=O) groups is 1. The molecule has 2 N–H and O–H groups in total. The average Bonchev–Trinajstić information content (AvgIpc) is 3.13. The third-order valence-corrected chi connectivity index (χ3v) is 5.28. The van der Waals surface area contributed by atoms with Crippen LogP contribution in [0.4, 0.5) is 11.4 Å².